The number of carbonyl (C=O) groups excluding carboxylic acids is 1. The van der Waals surface area contributed by atoms with E-state index in [2.05, 4.69) is 0 Å². The molecular formula is C22H24FN3O2S. The lowest BCUT2D eigenvalue weighted by molar-refractivity contribution is -0.139. The van der Waals surface area contributed by atoms with Crippen LogP contribution in [0.5, 0.6) is 0 Å². The Kier molecular flexibility index (Phi) is 5.99. The Labute approximate surface area is 174 Å². The number of ether oxygens (including phenoxy) is 1. The molecule has 7 heteroatoms. The maximum atomic E-state index is 13.9. The van der Waals surface area contributed by atoms with Crippen molar-refractivity contribution in [1.82, 2.24) is 5.01 Å². The third kappa shape index (κ3) is 3.95. The number of carbonyl (C=O) groups is 1. The molecule has 1 saturated heterocycles. The van der Waals surface area contributed by atoms with Gasteiger partial charge < -0.3 is 10.5 Å². The summed E-state index contributed by atoms with van der Waals surface area (Å²) in [5.41, 5.74) is 7.49. The van der Waals surface area contributed by atoms with Crippen molar-refractivity contribution in [3.63, 3.8) is 0 Å². The van der Waals surface area contributed by atoms with Crippen LogP contribution in [0.1, 0.15) is 30.4 Å². The zero-order valence-electron chi connectivity index (χ0n) is 16.1. The molecule has 2 aromatic rings. The van der Waals surface area contributed by atoms with Crippen LogP contribution in [0.4, 0.5) is 4.39 Å². The monoisotopic (exact) mass is 413 g/mol. The number of benzene rings is 2. The number of nitrogens with two attached hydrogens (primary N) is 1. The molecule has 2 N–H and O–H groups in total. The number of rotatable bonds is 6. The molecule has 2 heterocycles. The second kappa shape index (κ2) is 8.65. The van der Waals surface area contributed by atoms with Crippen LogP contribution >= 0.6 is 11.8 Å². The van der Waals surface area contributed by atoms with E-state index >= 15 is 0 Å². The summed E-state index contributed by atoms with van der Waals surface area (Å²) in [6.07, 6.45) is 2.07. The first-order valence-electron chi connectivity index (χ1n) is 9.85. The van der Waals surface area contributed by atoms with Crippen LogP contribution in [-0.4, -0.2) is 35.7 Å². The van der Waals surface area contributed by atoms with E-state index in [1.54, 1.807) is 11.1 Å². The average molecular weight is 414 g/mol. The van der Waals surface area contributed by atoms with Crippen molar-refractivity contribution in [3.8, 4) is 0 Å². The molecule has 29 heavy (non-hydrogen) atoms. The van der Waals surface area contributed by atoms with Crippen LogP contribution in [0, 0.1) is 11.7 Å². The Balaban J connectivity index is 1.79. The van der Waals surface area contributed by atoms with E-state index in [1.807, 2.05) is 36.4 Å². The van der Waals surface area contributed by atoms with Gasteiger partial charge in [-0.15, -0.1) is 0 Å². The third-order valence-corrected chi connectivity index (χ3v) is 6.76. The summed E-state index contributed by atoms with van der Waals surface area (Å²) >= 11 is 1.50. The van der Waals surface area contributed by atoms with Gasteiger partial charge in [0.25, 0.3) is 0 Å². The fourth-order valence-electron chi connectivity index (χ4n) is 3.79. The van der Waals surface area contributed by atoms with Gasteiger partial charge in [0.15, 0.2) is 0 Å². The normalized spacial score (nSPS) is 24.0. The lowest BCUT2D eigenvalue weighted by Gasteiger charge is -2.37. The van der Waals surface area contributed by atoms with E-state index in [4.69, 9.17) is 15.6 Å². The second-order valence-corrected chi connectivity index (χ2v) is 8.54. The van der Waals surface area contributed by atoms with Crippen molar-refractivity contribution in [1.29, 1.82) is 0 Å². The number of hydrazone groups is 1. The molecule has 2 aromatic carbocycles. The van der Waals surface area contributed by atoms with E-state index in [9.17, 15) is 9.18 Å². The van der Waals surface area contributed by atoms with Gasteiger partial charge in [0.05, 0.1) is 12.5 Å². The van der Waals surface area contributed by atoms with Gasteiger partial charge in [0.1, 0.15) is 15.7 Å². The molecule has 2 unspecified atom stereocenters. The smallest absolute Gasteiger partial charge is 0.249 e. The Bertz CT molecular complexity index is 902. The lowest BCUT2D eigenvalue weighted by Crippen LogP contribution is -2.44. The average Bonchev–Trinajstić information content (AvgIpc) is 3.42. The summed E-state index contributed by atoms with van der Waals surface area (Å²) in [6.45, 7) is 1.50. The van der Waals surface area contributed by atoms with Crippen LogP contribution in [0.15, 0.2) is 59.7 Å². The highest BCUT2D eigenvalue weighted by molar-refractivity contribution is 8.15. The quantitative estimate of drug-likeness (QED) is 0.784. The minimum absolute atomic E-state index is 0.0534. The van der Waals surface area contributed by atoms with Gasteiger partial charge in [0.2, 0.25) is 5.91 Å². The highest BCUT2D eigenvalue weighted by atomic mass is 32.2. The van der Waals surface area contributed by atoms with Crippen molar-refractivity contribution in [2.45, 2.75) is 24.1 Å². The van der Waals surface area contributed by atoms with E-state index in [1.165, 1.54) is 23.9 Å². The topological polar surface area (TPSA) is 67.9 Å². The van der Waals surface area contributed by atoms with Gasteiger partial charge in [-0.25, -0.2) is 9.40 Å². The summed E-state index contributed by atoms with van der Waals surface area (Å²) in [5, 5.41) is 6.98. The minimum Gasteiger partial charge on any atom is -0.381 e. The van der Waals surface area contributed by atoms with Gasteiger partial charge >= 0.3 is 0 Å². The van der Waals surface area contributed by atoms with Crippen LogP contribution in [0.25, 0.3) is 0 Å². The Morgan fingerprint density at radius 3 is 2.79 bits per heavy atom. The first kappa shape index (κ1) is 20.1. The lowest BCUT2D eigenvalue weighted by atomic mass is 9.98. The summed E-state index contributed by atoms with van der Waals surface area (Å²) in [4.78, 5) is 12.8. The zero-order chi connectivity index (χ0) is 20.3. The van der Waals surface area contributed by atoms with Crippen molar-refractivity contribution in [2.24, 2.45) is 16.8 Å². The highest BCUT2D eigenvalue weighted by Crippen LogP contribution is 2.51. The third-order valence-electron chi connectivity index (χ3n) is 5.30. The molecule has 2 atom stereocenters. The minimum atomic E-state index is -0.706. The van der Waals surface area contributed by atoms with Gasteiger partial charge in [-0.05, 0) is 43.5 Å². The van der Waals surface area contributed by atoms with E-state index in [0.29, 0.717) is 43.2 Å². The maximum absolute atomic E-state index is 13.9. The fraction of sp³-hybridized carbons (Fsp3) is 0.364. The number of halogens is 1. The number of amides is 1. The van der Waals surface area contributed by atoms with Gasteiger partial charge in [-0.3, -0.25) is 4.79 Å². The number of nitrogens with zero attached hydrogens (tertiary/aromatic N) is 2. The highest BCUT2D eigenvalue weighted by Gasteiger charge is 2.49. The predicted octanol–water partition coefficient (Wildman–Crippen LogP) is 3.69. The Morgan fingerprint density at radius 2 is 2.10 bits per heavy atom. The molecule has 0 aliphatic carbocycles. The molecule has 0 bridgehead atoms. The molecule has 0 radical (unpaired) electrons. The molecule has 0 aromatic heterocycles. The molecule has 2 aliphatic rings. The SMILES string of the molecule is NCCCC1(c2ccccc2)SC(c2cccc(F)c2)=NN1C(=O)C1CCOC1. The van der Waals surface area contributed by atoms with Crippen molar-refractivity contribution >= 4 is 22.7 Å². The molecular weight excluding hydrogens is 389 g/mol. The van der Waals surface area contributed by atoms with Crippen molar-refractivity contribution < 1.29 is 13.9 Å². The number of hydrogen-bond acceptors (Lipinski definition) is 5. The molecule has 152 valence electrons. The van der Waals surface area contributed by atoms with E-state index in [-0.39, 0.29) is 17.6 Å². The molecule has 1 amide bonds. The predicted molar refractivity (Wildman–Crippen MR) is 113 cm³/mol. The maximum Gasteiger partial charge on any atom is 0.249 e. The van der Waals surface area contributed by atoms with Crippen LogP contribution in [-0.2, 0) is 14.4 Å². The Morgan fingerprint density at radius 1 is 1.28 bits per heavy atom. The van der Waals surface area contributed by atoms with Crippen molar-refractivity contribution in [3.05, 3.63) is 71.5 Å². The van der Waals surface area contributed by atoms with Gasteiger partial charge in [-0.1, -0.05) is 54.2 Å². The van der Waals surface area contributed by atoms with E-state index < -0.39 is 4.87 Å². The first-order chi connectivity index (χ1) is 14.1. The fourth-order valence-corrected chi connectivity index (χ4v) is 5.19. The molecule has 0 saturated carbocycles. The number of thioether (sulfide) groups is 1. The first-order valence-corrected chi connectivity index (χ1v) is 10.7. The second-order valence-electron chi connectivity index (χ2n) is 7.27. The number of hydrogen-bond donors (Lipinski definition) is 1. The Hall–Kier alpha value is -2.22. The molecule has 2 aliphatic heterocycles. The molecule has 0 spiro atoms. The van der Waals surface area contributed by atoms with Gasteiger partial charge in [0, 0.05) is 12.2 Å². The zero-order valence-corrected chi connectivity index (χ0v) is 16.9. The summed E-state index contributed by atoms with van der Waals surface area (Å²) in [6, 6.07) is 16.2. The van der Waals surface area contributed by atoms with E-state index in [0.717, 1.165) is 12.0 Å². The molecule has 1 fully saturated rings. The molecule has 5 nitrogen and oxygen atoms in total. The van der Waals surface area contributed by atoms with Crippen LogP contribution < -0.4 is 5.73 Å². The summed E-state index contributed by atoms with van der Waals surface area (Å²) in [5.74, 6) is -0.596. The van der Waals surface area contributed by atoms with Crippen LogP contribution in [0.2, 0.25) is 0 Å². The van der Waals surface area contributed by atoms with Crippen LogP contribution in [0.3, 0.4) is 0 Å². The summed E-state index contributed by atoms with van der Waals surface area (Å²) < 4.78 is 19.3. The molecule has 4 rings (SSSR count). The van der Waals surface area contributed by atoms with Crippen molar-refractivity contribution in [2.75, 3.05) is 19.8 Å². The standard InChI is InChI=1S/C22H24FN3O2S/c23-19-9-4-6-16(14-19)20-25-26(21(27)17-10-13-28-15-17)22(29-20,11-5-12-24)18-7-2-1-3-8-18/h1-4,6-9,14,17H,5,10-13,15,24H2. The summed E-state index contributed by atoms with van der Waals surface area (Å²) in [7, 11) is 0. The largest absolute Gasteiger partial charge is 0.381 e. The van der Waals surface area contributed by atoms with Gasteiger partial charge in [-0.2, -0.15) is 5.10 Å².